The maximum atomic E-state index is 2.53. The van der Waals surface area contributed by atoms with Crippen LogP contribution in [0.5, 0.6) is 0 Å². The van der Waals surface area contributed by atoms with Crippen LogP contribution in [-0.4, -0.2) is 0 Å². The summed E-state index contributed by atoms with van der Waals surface area (Å²) in [5, 5.41) is 0. The van der Waals surface area contributed by atoms with E-state index in [0.717, 1.165) is 6.42 Å². The van der Waals surface area contributed by atoms with Gasteiger partial charge in [-0.25, -0.2) is 0 Å². The molecular weight excluding hydrogens is 276 g/mol. The van der Waals surface area contributed by atoms with Crippen LogP contribution in [0.2, 0.25) is 0 Å². The van der Waals surface area contributed by atoms with Gasteiger partial charge in [-0.3, -0.25) is 0 Å². The van der Waals surface area contributed by atoms with Gasteiger partial charge in [-0.05, 0) is 65.3 Å². The third-order valence-corrected chi connectivity index (χ3v) is 6.24. The molecule has 118 valence electrons. The summed E-state index contributed by atoms with van der Waals surface area (Å²) < 4.78 is 0. The van der Waals surface area contributed by atoms with Crippen LogP contribution in [0, 0.1) is 5.41 Å². The second-order valence-corrected chi connectivity index (χ2v) is 7.47. The molecule has 0 saturated heterocycles. The third kappa shape index (κ3) is 2.55. The van der Waals surface area contributed by atoms with E-state index >= 15 is 0 Å². The van der Waals surface area contributed by atoms with Crippen molar-refractivity contribution in [3.8, 4) is 0 Å². The summed E-state index contributed by atoms with van der Waals surface area (Å²) in [5.41, 5.74) is 8.21. The molecule has 0 bridgehead atoms. The molecule has 4 rings (SSSR count). The number of benzene rings is 2. The Morgan fingerprint density at radius 1 is 0.957 bits per heavy atom. The molecule has 0 aliphatic heterocycles. The standard InChI is InChI=1S/C23H26/c1-3-23(4-2)15-20-13-19-11-10-18(22(19)14-21(20)16-23)12-17-8-6-5-7-9-17/h5-11,13-14,18H,3-4,12,15-16H2,1-2H3. The highest BCUT2D eigenvalue weighted by Crippen LogP contribution is 2.45. The van der Waals surface area contributed by atoms with E-state index in [1.165, 1.54) is 36.8 Å². The van der Waals surface area contributed by atoms with Crippen molar-refractivity contribution in [1.82, 2.24) is 0 Å². The van der Waals surface area contributed by atoms with Crippen molar-refractivity contribution in [2.75, 3.05) is 0 Å². The Balaban J connectivity index is 1.63. The van der Waals surface area contributed by atoms with Crippen molar-refractivity contribution in [3.05, 3.63) is 76.4 Å². The first kappa shape index (κ1) is 14.8. The molecule has 0 heteroatoms. The number of allylic oxidation sites excluding steroid dienone is 1. The van der Waals surface area contributed by atoms with Crippen molar-refractivity contribution in [1.29, 1.82) is 0 Å². The van der Waals surface area contributed by atoms with E-state index in [2.05, 4.69) is 68.5 Å². The van der Waals surface area contributed by atoms with E-state index in [9.17, 15) is 0 Å². The van der Waals surface area contributed by atoms with Gasteiger partial charge in [0.05, 0.1) is 0 Å². The Bertz CT molecular complexity index is 732. The monoisotopic (exact) mass is 302 g/mol. The first-order chi connectivity index (χ1) is 11.2. The zero-order chi connectivity index (χ0) is 15.9. The Kier molecular flexibility index (Phi) is 3.64. The maximum absolute atomic E-state index is 2.53. The minimum atomic E-state index is 0.524. The molecule has 1 unspecified atom stereocenters. The average Bonchev–Trinajstić information content (AvgIpc) is 3.15. The molecule has 0 saturated carbocycles. The highest BCUT2D eigenvalue weighted by atomic mass is 14.4. The summed E-state index contributed by atoms with van der Waals surface area (Å²) in [6.07, 6.45) is 11.0. The van der Waals surface area contributed by atoms with Gasteiger partial charge in [-0.15, -0.1) is 0 Å². The molecule has 0 amide bonds. The fourth-order valence-corrected chi connectivity index (χ4v) is 4.51. The van der Waals surface area contributed by atoms with Crippen LogP contribution in [0.25, 0.3) is 6.08 Å². The van der Waals surface area contributed by atoms with Crippen molar-refractivity contribution in [2.45, 2.75) is 51.9 Å². The van der Waals surface area contributed by atoms with Crippen LogP contribution < -0.4 is 0 Å². The Hall–Kier alpha value is -1.82. The lowest BCUT2D eigenvalue weighted by atomic mass is 9.80. The van der Waals surface area contributed by atoms with Crippen LogP contribution in [0.4, 0.5) is 0 Å². The molecule has 2 aliphatic rings. The van der Waals surface area contributed by atoms with Crippen LogP contribution in [0.1, 0.15) is 60.4 Å². The lowest BCUT2D eigenvalue weighted by Gasteiger charge is -2.25. The molecule has 0 radical (unpaired) electrons. The quantitative estimate of drug-likeness (QED) is 0.655. The molecule has 2 aromatic carbocycles. The normalized spacial score (nSPS) is 20.5. The van der Waals surface area contributed by atoms with Gasteiger partial charge in [0.1, 0.15) is 0 Å². The number of hydrogen-bond donors (Lipinski definition) is 0. The lowest BCUT2D eigenvalue weighted by molar-refractivity contribution is 0.280. The van der Waals surface area contributed by atoms with E-state index in [0.29, 0.717) is 11.3 Å². The fourth-order valence-electron chi connectivity index (χ4n) is 4.51. The van der Waals surface area contributed by atoms with Gasteiger partial charge in [0.15, 0.2) is 0 Å². The van der Waals surface area contributed by atoms with Gasteiger partial charge in [0.2, 0.25) is 0 Å². The summed E-state index contributed by atoms with van der Waals surface area (Å²) in [6.45, 7) is 4.72. The van der Waals surface area contributed by atoms with Gasteiger partial charge >= 0.3 is 0 Å². The van der Waals surface area contributed by atoms with Crippen molar-refractivity contribution in [2.24, 2.45) is 5.41 Å². The first-order valence-corrected chi connectivity index (χ1v) is 9.11. The largest absolute Gasteiger partial charge is 0.0760 e. The molecule has 2 aliphatic carbocycles. The zero-order valence-corrected chi connectivity index (χ0v) is 14.3. The average molecular weight is 302 g/mol. The molecule has 0 N–H and O–H groups in total. The number of rotatable bonds is 4. The van der Waals surface area contributed by atoms with E-state index in [1.54, 1.807) is 16.7 Å². The maximum Gasteiger partial charge on any atom is 0.00677 e. The number of hydrogen-bond acceptors (Lipinski definition) is 0. The van der Waals surface area contributed by atoms with E-state index in [1.807, 2.05) is 0 Å². The third-order valence-electron chi connectivity index (χ3n) is 6.24. The van der Waals surface area contributed by atoms with E-state index in [4.69, 9.17) is 0 Å². The van der Waals surface area contributed by atoms with Crippen molar-refractivity contribution < 1.29 is 0 Å². The van der Waals surface area contributed by atoms with Crippen LogP contribution >= 0.6 is 0 Å². The predicted octanol–water partition coefficient (Wildman–Crippen LogP) is 5.94. The fraction of sp³-hybridized carbons (Fsp3) is 0.391. The summed E-state index contributed by atoms with van der Waals surface area (Å²) in [4.78, 5) is 0. The molecule has 1 atom stereocenters. The first-order valence-electron chi connectivity index (χ1n) is 9.11. The Morgan fingerprint density at radius 3 is 2.35 bits per heavy atom. The second-order valence-electron chi connectivity index (χ2n) is 7.47. The van der Waals surface area contributed by atoms with Crippen LogP contribution in [0.3, 0.4) is 0 Å². The summed E-state index contributed by atoms with van der Waals surface area (Å²) in [7, 11) is 0. The van der Waals surface area contributed by atoms with Gasteiger partial charge < -0.3 is 0 Å². The summed E-state index contributed by atoms with van der Waals surface area (Å²) in [6, 6.07) is 15.9. The lowest BCUT2D eigenvalue weighted by Crippen LogP contribution is -2.18. The molecule has 0 spiro atoms. The number of fused-ring (bicyclic) bond motifs is 2. The zero-order valence-electron chi connectivity index (χ0n) is 14.3. The second kappa shape index (κ2) is 5.67. The highest BCUT2D eigenvalue weighted by molar-refractivity contribution is 5.65. The summed E-state index contributed by atoms with van der Waals surface area (Å²) in [5.74, 6) is 0.552. The van der Waals surface area contributed by atoms with Gasteiger partial charge in [-0.2, -0.15) is 0 Å². The van der Waals surface area contributed by atoms with E-state index in [-0.39, 0.29) is 0 Å². The SMILES string of the molecule is CCC1(CC)Cc2cc3c(cc2C1)C(Cc1ccccc1)C=C3. The molecule has 0 aromatic heterocycles. The van der Waals surface area contributed by atoms with Gasteiger partial charge in [0.25, 0.3) is 0 Å². The molecular formula is C23H26. The highest BCUT2D eigenvalue weighted by Gasteiger charge is 2.35. The minimum absolute atomic E-state index is 0.524. The molecule has 0 nitrogen and oxygen atoms in total. The molecule has 23 heavy (non-hydrogen) atoms. The minimum Gasteiger partial charge on any atom is -0.0760 e. The van der Waals surface area contributed by atoms with Crippen LogP contribution in [-0.2, 0) is 19.3 Å². The Morgan fingerprint density at radius 2 is 1.65 bits per heavy atom. The van der Waals surface area contributed by atoms with Crippen LogP contribution in [0.15, 0.2) is 48.5 Å². The molecule has 0 heterocycles. The van der Waals surface area contributed by atoms with Crippen molar-refractivity contribution >= 4 is 6.08 Å². The topological polar surface area (TPSA) is 0 Å². The Labute approximate surface area is 140 Å². The van der Waals surface area contributed by atoms with Crippen molar-refractivity contribution in [3.63, 3.8) is 0 Å². The summed E-state index contributed by atoms with van der Waals surface area (Å²) >= 11 is 0. The smallest absolute Gasteiger partial charge is 0.00677 e. The van der Waals surface area contributed by atoms with E-state index < -0.39 is 0 Å². The predicted molar refractivity (Wildman–Crippen MR) is 98.8 cm³/mol. The van der Waals surface area contributed by atoms with Gasteiger partial charge in [0, 0.05) is 5.92 Å². The molecule has 0 fully saturated rings. The van der Waals surface area contributed by atoms with Gasteiger partial charge in [-0.1, -0.05) is 68.5 Å². The molecule has 2 aromatic rings.